The lowest BCUT2D eigenvalue weighted by atomic mass is 10.1. The summed E-state index contributed by atoms with van der Waals surface area (Å²) >= 11 is 0. The molecule has 5 heteroatoms. The van der Waals surface area contributed by atoms with Crippen molar-refractivity contribution in [1.82, 2.24) is 0 Å². The molecule has 0 saturated carbocycles. The SMILES string of the molecule is CC(C)[C@H](N)C(=O)O.CCC/C=C/CCCCCCCCC(=O)O. The Morgan fingerprint density at radius 3 is 1.83 bits per heavy atom. The largest absolute Gasteiger partial charge is 0.481 e. The Morgan fingerprint density at radius 2 is 1.42 bits per heavy atom. The first kappa shape index (κ1) is 24.9. The number of allylic oxidation sites excluding steroid dienone is 2. The zero-order valence-electron chi connectivity index (χ0n) is 15.7. The monoisotopic (exact) mass is 343 g/mol. The molecule has 24 heavy (non-hydrogen) atoms. The number of rotatable bonds is 13. The number of nitrogens with two attached hydrogens (primary N) is 1. The van der Waals surface area contributed by atoms with Gasteiger partial charge >= 0.3 is 11.9 Å². The molecule has 0 unspecified atom stereocenters. The first-order valence-electron chi connectivity index (χ1n) is 9.18. The molecule has 0 spiro atoms. The normalized spacial score (nSPS) is 12.0. The maximum absolute atomic E-state index is 10.3. The van der Waals surface area contributed by atoms with Crippen LogP contribution in [-0.2, 0) is 9.59 Å². The molecule has 4 N–H and O–H groups in total. The molecule has 0 bridgehead atoms. The summed E-state index contributed by atoms with van der Waals surface area (Å²) < 4.78 is 0. The van der Waals surface area contributed by atoms with Crippen LogP contribution in [-0.4, -0.2) is 28.2 Å². The summed E-state index contributed by atoms with van der Waals surface area (Å²) in [5, 5.41) is 16.7. The Morgan fingerprint density at radius 1 is 0.917 bits per heavy atom. The van der Waals surface area contributed by atoms with Crippen molar-refractivity contribution in [3.63, 3.8) is 0 Å². The second kappa shape index (κ2) is 18.0. The van der Waals surface area contributed by atoms with Gasteiger partial charge in [-0.3, -0.25) is 9.59 Å². The van der Waals surface area contributed by atoms with E-state index < -0.39 is 18.0 Å². The van der Waals surface area contributed by atoms with Crippen molar-refractivity contribution < 1.29 is 19.8 Å². The highest BCUT2D eigenvalue weighted by molar-refractivity contribution is 5.73. The fourth-order valence-electron chi connectivity index (χ4n) is 1.93. The number of hydrogen-bond donors (Lipinski definition) is 3. The minimum Gasteiger partial charge on any atom is -0.481 e. The van der Waals surface area contributed by atoms with Gasteiger partial charge in [-0.2, -0.15) is 0 Å². The summed E-state index contributed by atoms with van der Waals surface area (Å²) in [5.41, 5.74) is 5.16. The molecule has 0 radical (unpaired) electrons. The molecular weight excluding hydrogens is 306 g/mol. The van der Waals surface area contributed by atoms with E-state index in [0.29, 0.717) is 6.42 Å². The third kappa shape index (κ3) is 20.6. The molecule has 0 aromatic rings. The third-order valence-electron chi connectivity index (χ3n) is 3.64. The van der Waals surface area contributed by atoms with Gasteiger partial charge in [0.25, 0.3) is 0 Å². The highest BCUT2D eigenvalue weighted by Crippen LogP contribution is 2.09. The maximum Gasteiger partial charge on any atom is 0.320 e. The van der Waals surface area contributed by atoms with E-state index >= 15 is 0 Å². The molecule has 0 aromatic carbocycles. The van der Waals surface area contributed by atoms with Crippen LogP contribution < -0.4 is 5.73 Å². The summed E-state index contributed by atoms with van der Waals surface area (Å²) in [4.78, 5) is 20.3. The van der Waals surface area contributed by atoms with Gasteiger partial charge in [0.05, 0.1) is 0 Å². The summed E-state index contributed by atoms with van der Waals surface area (Å²) in [6, 6.07) is -0.713. The van der Waals surface area contributed by atoms with Crippen LogP contribution in [0.1, 0.15) is 85.0 Å². The van der Waals surface area contributed by atoms with Gasteiger partial charge < -0.3 is 15.9 Å². The molecular formula is C19H37NO4. The van der Waals surface area contributed by atoms with Crippen molar-refractivity contribution in [3.05, 3.63) is 12.2 Å². The summed E-state index contributed by atoms with van der Waals surface area (Å²) in [6.45, 7) is 5.75. The quantitative estimate of drug-likeness (QED) is 0.335. The Labute approximate surface area is 147 Å². The fourth-order valence-corrected chi connectivity index (χ4v) is 1.93. The highest BCUT2D eigenvalue weighted by atomic mass is 16.4. The van der Waals surface area contributed by atoms with E-state index in [-0.39, 0.29) is 5.92 Å². The van der Waals surface area contributed by atoms with Crippen LogP contribution in [0.2, 0.25) is 0 Å². The van der Waals surface area contributed by atoms with Crippen molar-refractivity contribution in [2.45, 2.75) is 91.0 Å². The lowest BCUT2D eigenvalue weighted by molar-refractivity contribution is -0.139. The van der Waals surface area contributed by atoms with Gasteiger partial charge in [0.15, 0.2) is 0 Å². The van der Waals surface area contributed by atoms with E-state index in [1.807, 2.05) is 0 Å². The highest BCUT2D eigenvalue weighted by Gasteiger charge is 2.14. The van der Waals surface area contributed by atoms with E-state index in [4.69, 9.17) is 15.9 Å². The number of hydrogen-bond acceptors (Lipinski definition) is 3. The minimum absolute atomic E-state index is 0.0208. The predicted octanol–water partition coefficient (Wildman–Crippen LogP) is 4.60. The van der Waals surface area contributed by atoms with Crippen molar-refractivity contribution >= 4 is 11.9 Å². The summed E-state index contributed by atoms with van der Waals surface area (Å²) in [7, 11) is 0. The molecule has 0 heterocycles. The van der Waals surface area contributed by atoms with Crippen LogP contribution in [0.25, 0.3) is 0 Å². The summed E-state index contributed by atoms with van der Waals surface area (Å²) in [6.07, 6.45) is 15.4. The van der Waals surface area contributed by atoms with Crippen LogP contribution in [0, 0.1) is 5.92 Å². The van der Waals surface area contributed by atoms with Gasteiger partial charge in [0.1, 0.15) is 6.04 Å². The van der Waals surface area contributed by atoms with Crippen molar-refractivity contribution in [1.29, 1.82) is 0 Å². The van der Waals surface area contributed by atoms with Gasteiger partial charge in [0.2, 0.25) is 0 Å². The number of aliphatic carboxylic acids is 2. The van der Waals surface area contributed by atoms with Crippen LogP contribution >= 0.6 is 0 Å². The molecule has 0 aliphatic rings. The molecule has 0 aliphatic heterocycles. The topological polar surface area (TPSA) is 101 Å². The molecule has 0 amide bonds. The average molecular weight is 344 g/mol. The van der Waals surface area contributed by atoms with Gasteiger partial charge in [0, 0.05) is 6.42 Å². The Hall–Kier alpha value is -1.36. The smallest absolute Gasteiger partial charge is 0.320 e. The molecule has 1 atom stereocenters. The molecule has 0 aromatic heterocycles. The molecule has 142 valence electrons. The molecule has 0 fully saturated rings. The number of carboxylic acids is 2. The van der Waals surface area contributed by atoms with Gasteiger partial charge in [-0.15, -0.1) is 0 Å². The molecule has 0 saturated heterocycles. The Kier molecular flexibility index (Phi) is 18.7. The Balaban J connectivity index is 0. The number of carbonyl (C=O) groups is 2. The van der Waals surface area contributed by atoms with Gasteiger partial charge in [-0.25, -0.2) is 0 Å². The third-order valence-corrected chi connectivity index (χ3v) is 3.64. The maximum atomic E-state index is 10.3. The standard InChI is InChI=1S/C14H26O2.C5H11NO2/c1-2-3-4-5-6-7-8-9-10-11-12-13-14(15)16;1-3(2)4(6)5(7)8/h4-5H,2-3,6-13H2,1H3,(H,15,16);3-4H,6H2,1-2H3,(H,7,8)/b5-4+;/t;4-/m.0/s1. The predicted molar refractivity (Wildman–Crippen MR) is 99.1 cm³/mol. The van der Waals surface area contributed by atoms with E-state index in [2.05, 4.69) is 19.1 Å². The number of carboxylic acid groups (broad SMARTS) is 2. The van der Waals surface area contributed by atoms with Crippen molar-refractivity contribution in [3.8, 4) is 0 Å². The molecule has 5 nitrogen and oxygen atoms in total. The zero-order valence-corrected chi connectivity index (χ0v) is 15.7. The molecule has 0 rings (SSSR count). The van der Waals surface area contributed by atoms with E-state index in [9.17, 15) is 9.59 Å². The summed E-state index contributed by atoms with van der Waals surface area (Å²) in [5.74, 6) is -1.58. The minimum atomic E-state index is -0.931. The average Bonchev–Trinajstić information content (AvgIpc) is 2.52. The van der Waals surface area contributed by atoms with Crippen LogP contribution in [0.5, 0.6) is 0 Å². The second-order valence-corrected chi connectivity index (χ2v) is 6.42. The fraction of sp³-hybridized carbons (Fsp3) is 0.789. The molecule has 0 aliphatic carbocycles. The first-order chi connectivity index (χ1) is 11.3. The van der Waals surface area contributed by atoms with Crippen LogP contribution in [0.15, 0.2) is 12.2 Å². The lowest BCUT2D eigenvalue weighted by Gasteiger charge is -2.07. The van der Waals surface area contributed by atoms with Gasteiger partial charge in [-0.1, -0.05) is 65.0 Å². The Bertz CT molecular complexity index is 340. The second-order valence-electron chi connectivity index (χ2n) is 6.42. The van der Waals surface area contributed by atoms with E-state index in [1.54, 1.807) is 13.8 Å². The lowest BCUT2D eigenvalue weighted by Crippen LogP contribution is -2.34. The van der Waals surface area contributed by atoms with E-state index in [0.717, 1.165) is 12.8 Å². The van der Waals surface area contributed by atoms with Crippen LogP contribution in [0.4, 0.5) is 0 Å². The van der Waals surface area contributed by atoms with Crippen molar-refractivity contribution in [2.75, 3.05) is 0 Å². The van der Waals surface area contributed by atoms with E-state index in [1.165, 1.54) is 44.9 Å². The zero-order chi connectivity index (χ0) is 18.8. The first-order valence-corrected chi connectivity index (χ1v) is 9.18. The van der Waals surface area contributed by atoms with Crippen LogP contribution in [0.3, 0.4) is 0 Å². The number of unbranched alkanes of at least 4 members (excludes halogenated alkanes) is 7. The van der Waals surface area contributed by atoms with Crippen molar-refractivity contribution in [2.24, 2.45) is 11.7 Å². The van der Waals surface area contributed by atoms with Gasteiger partial charge in [-0.05, 0) is 31.6 Å².